The predicted octanol–water partition coefficient (Wildman–Crippen LogP) is 6.42. The van der Waals surface area contributed by atoms with Gasteiger partial charge in [0.1, 0.15) is 5.52 Å². The van der Waals surface area contributed by atoms with E-state index in [9.17, 15) is 8.42 Å². The number of halogens is 3. The van der Waals surface area contributed by atoms with Crippen LogP contribution in [0.4, 0.5) is 11.6 Å². The summed E-state index contributed by atoms with van der Waals surface area (Å²) in [6.07, 6.45) is 1.35. The van der Waals surface area contributed by atoms with Gasteiger partial charge in [-0.05, 0) is 42.7 Å². The van der Waals surface area contributed by atoms with Crippen LogP contribution in [-0.4, -0.2) is 30.3 Å². The maximum atomic E-state index is 12.8. The van der Waals surface area contributed by atoms with Gasteiger partial charge in [-0.2, -0.15) is 0 Å². The highest BCUT2D eigenvalue weighted by molar-refractivity contribution is 7.91. The van der Waals surface area contributed by atoms with E-state index in [2.05, 4.69) is 4.57 Å². The molecule has 0 saturated heterocycles. The smallest absolute Gasteiger partial charge is 0.211 e. The van der Waals surface area contributed by atoms with Crippen molar-refractivity contribution in [3.63, 3.8) is 0 Å². The normalized spacial score (nSPS) is 15.4. The minimum atomic E-state index is -3.28. The number of nitrogens with zero attached hydrogens (tertiary/aromatic N) is 3. The number of fused-ring (bicyclic) bond motifs is 3. The van der Waals surface area contributed by atoms with E-state index in [4.69, 9.17) is 39.8 Å². The van der Waals surface area contributed by atoms with Crippen LogP contribution < -0.4 is 4.90 Å². The number of anilines is 2. The lowest BCUT2D eigenvalue weighted by molar-refractivity contribution is 0.578. The average Bonchev–Trinajstić information content (AvgIpc) is 3.11. The summed E-state index contributed by atoms with van der Waals surface area (Å²) in [7, 11) is -3.28. The Morgan fingerprint density at radius 1 is 1.07 bits per heavy atom. The number of hydrogen-bond donors (Lipinski definition) is 0. The van der Waals surface area contributed by atoms with Crippen LogP contribution in [0.1, 0.15) is 37.5 Å². The Balaban J connectivity index is 1.97. The van der Waals surface area contributed by atoms with E-state index in [0.717, 1.165) is 36.3 Å². The Morgan fingerprint density at radius 3 is 2.50 bits per heavy atom. The molecule has 2 heterocycles. The summed E-state index contributed by atoms with van der Waals surface area (Å²) in [5.41, 5.74) is 2.96. The van der Waals surface area contributed by atoms with Crippen molar-refractivity contribution in [2.45, 2.75) is 38.5 Å². The lowest BCUT2D eigenvalue weighted by atomic mass is 10.1. The first-order chi connectivity index (χ1) is 14.3. The number of hydrogen-bond acceptors (Lipinski definition) is 4. The molecule has 1 atom stereocenters. The molecule has 1 aromatic heterocycles. The SMILES string of the molecule is CCC(c1ccc(Cl)c2nc3n(c12)CCCN3c1ccc(Cl)cc1Cl)S(=O)(=O)CC. The third kappa shape index (κ3) is 3.58. The van der Waals surface area contributed by atoms with Crippen molar-refractivity contribution >= 4 is 67.3 Å². The standard InChI is InChI=1S/C21H22Cl3N3O2S/c1-3-18(30(28,29)4-2)14-7-8-15(23)19-20(14)27-11-5-10-26(21(27)25-19)17-9-6-13(22)12-16(17)24/h6-9,12,18H,3-5,10-11H2,1-2H3. The predicted molar refractivity (Wildman–Crippen MR) is 125 cm³/mol. The molecular weight excluding hydrogens is 465 g/mol. The molecular formula is C21H22Cl3N3O2S. The molecule has 30 heavy (non-hydrogen) atoms. The molecule has 0 amide bonds. The molecule has 160 valence electrons. The van der Waals surface area contributed by atoms with Crippen molar-refractivity contribution in [2.75, 3.05) is 17.2 Å². The molecule has 3 aromatic rings. The van der Waals surface area contributed by atoms with Gasteiger partial charge in [0, 0.05) is 23.9 Å². The quantitative estimate of drug-likeness (QED) is 0.417. The van der Waals surface area contributed by atoms with E-state index in [1.165, 1.54) is 0 Å². The minimum Gasteiger partial charge on any atom is -0.310 e. The average molecular weight is 487 g/mol. The van der Waals surface area contributed by atoms with Crippen molar-refractivity contribution in [3.8, 4) is 0 Å². The summed E-state index contributed by atoms with van der Waals surface area (Å²) in [6, 6.07) is 8.95. The third-order valence-electron chi connectivity index (χ3n) is 5.62. The number of sulfone groups is 1. The van der Waals surface area contributed by atoms with Crippen molar-refractivity contribution in [1.82, 2.24) is 9.55 Å². The van der Waals surface area contributed by atoms with Gasteiger partial charge in [0.15, 0.2) is 9.84 Å². The molecule has 1 aliphatic rings. The van der Waals surface area contributed by atoms with Crippen LogP contribution in [0.3, 0.4) is 0 Å². The zero-order chi connectivity index (χ0) is 21.6. The monoisotopic (exact) mass is 485 g/mol. The Bertz CT molecular complexity index is 1220. The summed E-state index contributed by atoms with van der Waals surface area (Å²) >= 11 is 19.0. The van der Waals surface area contributed by atoms with E-state index in [-0.39, 0.29) is 5.75 Å². The molecule has 0 aliphatic carbocycles. The van der Waals surface area contributed by atoms with Gasteiger partial charge in [-0.15, -0.1) is 0 Å². The number of rotatable bonds is 5. The van der Waals surface area contributed by atoms with Crippen molar-refractivity contribution in [3.05, 3.63) is 51.0 Å². The Labute approximate surface area is 191 Å². The van der Waals surface area contributed by atoms with E-state index in [1.54, 1.807) is 25.1 Å². The van der Waals surface area contributed by atoms with Crippen LogP contribution in [-0.2, 0) is 16.4 Å². The fraction of sp³-hybridized carbons (Fsp3) is 0.381. The van der Waals surface area contributed by atoms with Crippen molar-refractivity contribution < 1.29 is 8.42 Å². The molecule has 0 fully saturated rings. The van der Waals surface area contributed by atoms with Crippen LogP contribution in [0.15, 0.2) is 30.3 Å². The van der Waals surface area contributed by atoms with Crippen LogP contribution in [0.25, 0.3) is 11.0 Å². The van der Waals surface area contributed by atoms with Crippen LogP contribution >= 0.6 is 34.8 Å². The zero-order valence-electron chi connectivity index (χ0n) is 16.7. The molecule has 1 unspecified atom stereocenters. The number of benzene rings is 2. The zero-order valence-corrected chi connectivity index (χ0v) is 19.8. The first-order valence-corrected chi connectivity index (χ1v) is 12.8. The van der Waals surface area contributed by atoms with E-state index in [0.29, 0.717) is 33.0 Å². The van der Waals surface area contributed by atoms with Crippen LogP contribution in [0.5, 0.6) is 0 Å². The molecule has 0 spiro atoms. The van der Waals surface area contributed by atoms with Crippen LogP contribution in [0.2, 0.25) is 15.1 Å². The minimum absolute atomic E-state index is 0.0864. The highest BCUT2D eigenvalue weighted by Crippen LogP contribution is 2.42. The number of aromatic nitrogens is 2. The fourth-order valence-electron chi connectivity index (χ4n) is 4.18. The summed E-state index contributed by atoms with van der Waals surface area (Å²) in [6.45, 7) is 5.04. The van der Waals surface area contributed by atoms with Crippen molar-refractivity contribution in [1.29, 1.82) is 0 Å². The van der Waals surface area contributed by atoms with Gasteiger partial charge in [0.2, 0.25) is 5.95 Å². The second kappa shape index (κ2) is 8.23. The second-order valence-electron chi connectivity index (χ2n) is 7.35. The maximum Gasteiger partial charge on any atom is 0.211 e. The third-order valence-corrected chi connectivity index (χ3v) is 8.72. The van der Waals surface area contributed by atoms with Gasteiger partial charge in [-0.1, -0.05) is 54.7 Å². The van der Waals surface area contributed by atoms with Crippen LogP contribution in [0, 0.1) is 0 Å². The van der Waals surface area contributed by atoms with Gasteiger partial charge < -0.3 is 9.47 Å². The highest BCUT2D eigenvalue weighted by Gasteiger charge is 2.31. The van der Waals surface area contributed by atoms with E-state index < -0.39 is 15.1 Å². The largest absolute Gasteiger partial charge is 0.310 e. The Morgan fingerprint density at radius 2 is 1.83 bits per heavy atom. The second-order valence-corrected chi connectivity index (χ2v) is 11.1. The van der Waals surface area contributed by atoms with E-state index in [1.807, 2.05) is 24.0 Å². The molecule has 9 heteroatoms. The molecule has 0 N–H and O–H groups in total. The summed E-state index contributed by atoms with van der Waals surface area (Å²) < 4.78 is 27.7. The first-order valence-electron chi connectivity index (χ1n) is 9.91. The number of aryl methyl sites for hydroxylation is 1. The van der Waals surface area contributed by atoms with Gasteiger partial charge >= 0.3 is 0 Å². The van der Waals surface area contributed by atoms with Gasteiger partial charge in [-0.3, -0.25) is 0 Å². The summed E-state index contributed by atoms with van der Waals surface area (Å²) in [5, 5.41) is 1.00. The van der Waals surface area contributed by atoms with Crippen molar-refractivity contribution in [2.24, 2.45) is 0 Å². The molecule has 0 radical (unpaired) electrons. The van der Waals surface area contributed by atoms with Gasteiger partial charge in [-0.25, -0.2) is 13.4 Å². The Hall–Kier alpha value is -1.47. The molecule has 5 nitrogen and oxygen atoms in total. The van der Waals surface area contributed by atoms with Gasteiger partial charge in [0.05, 0.1) is 26.5 Å². The number of imidazole rings is 1. The summed E-state index contributed by atoms with van der Waals surface area (Å²) in [5.74, 6) is 0.793. The fourth-order valence-corrected chi connectivity index (χ4v) is 6.38. The molecule has 4 rings (SSSR count). The molecule has 2 aromatic carbocycles. The van der Waals surface area contributed by atoms with Gasteiger partial charge in [0.25, 0.3) is 0 Å². The lowest BCUT2D eigenvalue weighted by Gasteiger charge is -2.30. The summed E-state index contributed by atoms with van der Waals surface area (Å²) in [4.78, 5) is 6.87. The topological polar surface area (TPSA) is 55.2 Å². The first kappa shape index (κ1) is 21.8. The highest BCUT2D eigenvalue weighted by atomic mass is 35.5. The molecule has 0 saturated carbocycles. The Kier molecular flexibility index (Phi) is 5.96. The maximum absolute atomic E-state index is 12.8. The van der Waals surface area contributed by atoms with E-state index >= 15 is 0 Å². The lowest BCUT2D eigenvalue weighted by Crippen LogP contribution is -2.28. The molecule has 1 aliphatic heterocycles. The molecule has 0 bridgehead atoms.